The monoisotopic (exact) mass is 325 g/mol. The van der Waals surface area contributed by atoms with Crippen LogP contribution in [0.15, 0.2) is 12.1 Å². The fourth-order valence-electron chi connectivity index (χ4n) is 1.91. The third kappa shape index (κ3) is 3.16. The van der Waals surface area contributed by atoms with Crippen molar-refractivity contribution in [1.29, 1.82) is 0 Å². The lowest BCUT2D eigenvalue weighted by Crippen LogP contribution is -2.34. The van der Waals surface area contributed by atoms with Crippen molar-refractivity contribution in [2.45, 2.75) is 6.18 Å². The van der Waals surface area contributed by atoms with Gasteiger partial charge in [-0.1, -0.05) is 11.6 Å². The molecule has 21 heavy (non-hydrogen) atoms. The van der Waals surface area contributed by atoms with Gasteiger partial charge in [-0.2, -0.15) is 13.2 Å². The number of carbonyl (C=O) groups excluding carboxylic acids is 2. The summed E-state index contributed by atoms with van der Waals surface area (Å²) in [7, 11) is 0. The number of alkyl halides is 3. The molecule has 0 atom stereocenters. The van der Waals surface area contributed by atoms with Gasteiger partial charge < -0.3 is 4.74 Å². The second-order valence-corrected chi connectivity index (χ2v) is 4.61. The summed E-state index contributed by atoms with van der Waals surface area (Å²) in [4.78, 5) is 24.2. The highest BCUT2D eigenvalue weighted by Crippen LogP contribution is 2.36. The van der Waals surface area contributed by atoms with Crippen LogP contribution in [0.2, 0.25) is 5.02 Å². The van der Waals surface area contributed by atoms with Gasteiger partial charge in [-0.3, -0.25) is 14.5 Å². The molecule has 1 aliphatic rings. The molecule has 1 aromatic carbocycles. The molecular weight excluding hydrogens is 318 g/mol. The van der Waals surface area contributed by atoms with E-state index in [9.17, 15) is 27.2 Å². The maximum absolute atomic E-state index is 13.7. The summed E-state index contributed by atoms with van der Waals surface area (Å²) >= 11 is 5.74. The fourth-order valence-corrected chi connectivity index (χ4v) is 2.15. The van der Waals surface area contributed by atoms with Crippen LogP contribution < -0.4 is 4.90 Å². The molecule has 0 N–H and O–H groups in total. The van der Waals surface area contributed by atoms with Crippen molar-refractivity contribution >= 4 is 29.0 Å². The Morgan fingerprint density at radius 2 is 1.90 bits per heavy atom. The number of amides is 1. The number of halogens is 5. The molecule has 0 unspecified atom stereocenters. The molecule has 0 aromatic heterocycles. The van der Waals surface area contributed by atoms with Crippen LogP contribution in [0.5, 0.6) is 0 Å². The zero-order chi connectivity index (χ0) is 15.8. The summed E-state index contributed by atoms with van der Waals surface area (Å²) in [5.74, 6) is -2.90. The largest absolute Gasteiger partial charge is 0.411 e. The third-order valence-electron chi connectivity index (χ3n) is 2.74. The number of rotatable bonds is 4. The summed E-state index contributed by atoms with van der Waals surface area (Å²) in [6, 6.07) is 2.10. The average Bonchev–Trinajstić information content (AvgIpc) is 2.63. The van der Waals surface area contributed by atoms with Crippen LogP contribution in [-0.4, -0.2) is 37.6 Å². The number of Topliss-reactive ketones (excluding diaryl/α,β-unsaturated/α-hetero) is 1. The Kier molecular flexibility index (Phi) is 4.20. The maximum Gasteiger partial charge on any atom is 0.411 e. The normalized spacial score (nSPS) is 14.8. The van der Waals surface area contributed by atoms with E-state index in [4.69, 9.17) is 11.6 Å². The number of ether oxygens (including phenoxy) is 1. The number of ketones is 1. The predicted molar refractivity (Wildman–Crippen MR) is 65.0 cm³/mol. The highest BCUT2D eigenvalue weighted by Gasteiger charge is 2.39. The highest BCUT2D eigenvalue weighted by atomic mass is 35.5. The van der Waals surface area contributed by atoms with Crippen LogP contribution in [0.3, 0.4) is 0 Å². The van der Waals surface area contributed by atoms with Crippen molar-refractivity contribution in [1.82, 2.24) is 0 Å². The first-order valence-electron chi connectivity index (χ1n) is 5.71. The van der Waals surface area contributed by atoms with Gasteiger partial charge in [0, 0.05) is 6.54 Å². The van der Waals surface area contributed by atoms with Gasteiger partial charge in [0.1, 0.15) is 12.4 Å². The van der Waals surface area contributed by atoms with Gasteiger partial charge in [-0.05, 0) is 12.1 Å². The van der Waals surface area contributed by atoms with Gasteiger partial charge in [-0.15, -0.1) is 0 Å². The lowest BCUT2D eigenvalue weighted by Gasteiger charge is -2.17. The number of nitrogens with zero attached hydrogens (tertiary/aromatic N) is 1. The number of fused-ring (bicyclic) bond motifs is 1. The van der Waals surface area contributed by atoms with Gasteiger partial charge in [0.2, 0.25) is 0 Å². The minimum absolute atomic E-state index is 0.0940. The van der Waals surface area contributed by atoms with Gasteiger partial charge in [0.05, 0.1) is 22.9 Å². The molecule has 1 aliphatic heterocycles. The van der Waals surface area contributed by atoms with Crippen LogP contribution >= 0.6 is 11.6 Å². The Morgan fingerprint density at radius 1 is 1.24 bits per heavy atom. The van der Waals surface area contributed by atoms with Crippen LogP contribution in [0.4, 0.5) is 23.2 Å². The molecule has 114 valence electrons. The zero-order valence-corrected chi connectivity index (χ0v) is 11.1. The van der Waals surface area contributed by atoms with E-state index >= 15 is 0 Å². The molecule has 0 spiro atoms. The fraction of sp³-hybridized carbons (Fsp3) is 0.333. The van der Waals surface area contributed by atoms with Crippen LogP contribution in [-0.2, 0) is 9.53 Å². The molecule has 1 heterocycles. The first kappa shape index (κ1) is 15.7. The lowest BCUT2D eigenvalue weighted by molar-refractivity contribution is -0.173. The smallest absolute Gasteiger partial charge is 0.370 e. The number of hydrogen-bond donors (Lipinski definition) is 0. The van der Waals surface area contributed by atoms with E-state index in [1.54, 1.807) is 0 Å². The summed E-state index contributed by atoms with van der Waals surface area (Å²) in [6.45, 7) is -2.37. The SMILES string of the molecule is O=C1C(=O)N(CCOCC(F)(F)F)c2c(F)ccc(Cl)c21. The third-order valence-corrected chi connectivity index (χ3v) is 3.05. The topological polar surface area (TPSA) is 46.6 Å². The zero-order valence-electron chi connectivity index (χ0n) is 10.3. The van der Waals surface area contributed by atoms with Gasteiger partial charge in [0.15, 0.2) is 0 Å². The molecule has 9 heteroatoms. The van der Waals surface area contributed by atoms with E-state index in [0.717, 1.165) is 17.0 Å². The molecule has 2 rings (SSSR count). The minimum Gasteiger partial charge on any atom is -0.370 e. The first-order valence-corrected chi connectivity index (χ1v) is 6.09. The Hall–Kier alpha value is -1.67. The molecule has 1 amide bonds. The summed E-state index contributed by atoms with van der Waals surface area (Å²) in [5.41, 5.74) is -0.606. The second kappa shape index (κ2) is 5.61. The molecule has 1 aromatic rings. The predicted octanol–water partition coefficient (Wildman–Crippen LogP) is 2.59. The van der Waals surface area contributed by atoms with Crippen LogP contribution in [0, 0.1) is 5.82 Å². The Bertz CT molecular complexity index is 603. The number of carbonyl (C=O) groups is 2. The van der Waals surface area contributed by atoms with Crippen LogP contribution in [0.1, 0.15) is 10.4 Å². The van der Waals surface area contributed by atoms with Crippen molar-refractivity contribution in [2.75, 3.05) is 24.7 Å². The van der Waals surface area contributed by atoms with Gasteiger partial charge in [0.25, 0.3) is 11.7 Å². The number of hydrogen-bond acceptors (Lipinski definition) is 3. The lowest BCUT2D eigenvalue weighted by atomic mass is 10.1. The van der Waals surface area contributed by atoms with Crippen molar-refractivity contribution < 1.29 is 31.9 Å². The molecule has 4 nitrogen and oxygen atoms in total. The molecule has 0 saturated carbocycles. The molecule has 0 bridgehead atoms. The Labute approximate surface area is 121 Å². The van der Waals surface area contributed by atoms with Crippen LogP contribution in [0.25, 0.3) is 0 Å². The summed E-state index contributed by atoms with van der Waals surface area (Å²) < 4.78 is 53.8. The first-order chi connectivity index (χ1) is 9.72. The standard InChI is InChI=1S/C12H8ClF4NO3/c13-6-1-2-7(14)9-8(6)10(19)11(20)18(9)3-4-21-5-12(15,16)17/h1-2H,3-5H2. The summed E-state index contributed by atoms with van der Waals surface area (Å²) in [5, 5.41) is -0.0940. The van der Waals surface area contributed by atoms with Crippen molar-refractivity contribution in [2.24, 2.45) is 0 Å². The number of anilines is 1. The van der Waals surface area contributed by atoms with E-state index in [2.05, 4.69) is 4.74 Å². The van der Waals surface area contributed by atoms with Crippen molar-refractivity contribution in [3.63, 3.8) is 0 Å². The molecule has 0 aliphatic carbocycles. The van der Waals surface area contributed by atoms with Crippen molar-refractivity contribution in [3.8, 4) is 0 Å². The molecular formula is C12H8ClF4NO3. The quantitative estimate of drug-likeness (QED) is 0.485. The van der Waals surface area contributed by atoms with E-state index in [-0.39, 0.29) is 22.8 Å². The van der Waals surface area contributed by atoms with E-state index in [1.807, 2.05) is 0 Å². The Morgan fingerprint density at radius 3 is 2.52 bits per heavy atom. The van der Waals surface area contributed by atoms with Gasteiger partial charge >= 0.3 is 6.18 Å². The van der Waals surface area contributed by atoms with E-state index < -0.39 is 36.9 Å². The summed E-state index contributed by atoms with van der Waals surface area (Å²) in [6.07, 6.45) is -4.50. The molecule has 0 saturated heterocycles. The minimum atomic E-state index is -4.50. The average molecular weight is 326 g/mol. The Balaban J connectivity index is 2.14. The van der Waals surface area contributed by atoms with Gasteiger partial charge in [-0.25, -0.2) is 4.39 Å². The van der Waals surface area contributed by atoms with E-state index in [1.165, 1.54) is 0 Å². The molecule has 0 radical (unpaired) electrons. The highest BCUT2D eigenvalue weighted by molar-refractivity contribution is 6.55. The van der Waals surface area contributed by atoms with E-state index in [0.29, 0.717) is 0 Å². The maximum atomic E-state index is 13.7. The van der Waals surface area contributed by atoms with Crippen molar-refractivity contribution in [3.05, 3.63) is 28.5 Å². The molecule has 0 fully saturated rings. The number of benzene rings is 1. The second-order valence-electron chi connectivity index (χ2n) is 4.21.